The van der Waals surface area contributed by atoms with E-state index in [1.165, 1.54) is 0 Å². The number of hydrogen-bond acceptors (Lipinski definition) is 3. The summed E-state index contributed by atoms with van der Waals surface area (Å²) in [7, 11) is -6.60. The average Bonchev–Trinajstić information content (AvgIpc) is 2.42. The van der Waals surface area contributed by atoms with Gasteiger partial charge in [-0.15, -0.1) is 0 Å². The molecule has 0 aromatic carbocycles. The Labute approximate surface area is 142 Å². The molecule has 0 unspecified atom stereocenters. The van der Waals surface area contributed by atoms with Crippen molar-refractivity contribution in [1.82, 2.24) is 0 Å². The number of nitrogens with two attached hydrogens (primary N) is 1. The second kappa shape index (κ2) is 6.26. The van der Waals surface area contributed by atoms with E-state index in [-0.39, 0.29) is 0 Å². The zero-order valence-electron chi connectivity index (χ0n) is 11.9. The molecule has 0 rings (SSSR count). The third-order valence-corrected chi connectivity index (χ3v) is 3.62. The number of halogens is 15. The van der Waals surface area contributed by atoms with E-state index in [1.54, 1.807) is 0 Å². The molecule has 0 saturated carbocycles. The zero-order chi connectivity index (χ0) is 23.6. The predicted molar refractivity (Wildman–Crippen MR) is 53.9 cm³/mol. The second-order valence-electron chi connectivity index (χ2n) is 4.78. The van der Waals surface area contributed by atoms with E-state index in [4.69, 9.17) is 0 Å². The van der Waals surface area contributed by atoms with E-state index in [0.717, 1.165) is 0 Å². The molecule has 0 saturated heterocycles. The highest BCUT2D eigenvalue weighted by atomic mass is 32.2. The predicted octanol–water partition coefficient (Wildman–Crippen LogP) is 3.18. The normalized spacial score (nSPS) is 16.3. The van der Waals surface area contributed by atoms with Gasteiger partial charge in [-0.05, 0) is 0 Å². The lowest BCUT2D eigenvalue weighted by molar-refractivity contribution is -0.449. The molecule has 0 aromatic heterocycles. The summed E-state index contributed by atoms with van der Waals surface area (Å²) in [4.78, 5) is 10.5. The van der Waals surface area contributed by atoms with Crippen molar-refractivity contribution < 1.29 is 79.1 Å². The molecule has 0 aliphatic rings. The van der Waals surface area contributed by atoms with Gasteiger partial charge in [0.15, 0.2) is 0 Å². The molecular weight excluding hydrogens is 475 g/mol. The van der Waals surface area contributed by atoms with Crippen molar-refractivity contribution in [2.45, 2.75) is 41.7 Å². The van der Waals surface area contributed by atoms with Crippen LogP contribution in [0.3, 0.4) is 0 Å². The van der Waals surface area contributed by atoms with Gasteiger partial charge < -0.3 is 0 Å². The lowest BCUT2D eigenvalue weighted by atomic mass is 9.91. The minimum Gasteiger partial charge on any atom is -0.273 e. The number of rotatable bonds is 6. The van der Waals surface area contributed by atoms with E-state index in [1.807, 2.05) is 0 Å². The van der Waals surface area contributed by atoms with Crippen molar-refractivity contribution in [1.29, 1.82) is 0 Å². The molecule has 0 radical (unpaired) electrons. The number of hydrogen-bond donors (Lipinski definition) is 1. The number of primary sulfonamides is 1. The van der Waals surface area contributed by atoms with Gasteiger partial charge in [-0.3, -0.25) is 4.79 Å². The van der Waals surface area contributed by atoms with Gasteiger partial charge in [-0.1, -0.05) is 0 Å². The number of alkyl halides is 15. The Kier molecular flexibility index (Phi) is 5.93. The summed E-state index contributed by atoms with van der Waals surface area (Å²) < 4.78 is 211. The molecule has 2 N–H and O–H groups in total. The van der Waals surface area contributed by atoms with Gasteiger partial charge in [-0.2, -0.15) is 65.9 Å². The summed E-state index contributed by atoms with van der Waals surface area (Å²) in [6.45, 7) is 0. The van der Waals surface area contributed by atoms with Crippen LogP contribution in [0.1, 0.15) is 0 Å². The molecule has 28 heavy (non-hydrogen) atoms. The third kappa shape index (κ3) is 3.26. The molecule has 168 valence electrons. The summed E-state index contributed by atoms with van der Waals surface area (Å²) in [6, 6.07) is 0. The fourth-order valence-corrected chi connectivity index (χ4v) is 1.76. The average molecular weight is 477 g/mol. The van der Waals surface area contributed by atoms with Gasteiger partial charge in [-0.25, -0.2) is 13.6 Å². The summed E-state index contributed by atoms with van der Waals surface area (Å²) in [5.74, 6) is -49.7. The first-order valence-electron chi connectivity index (χ1n) is 5.56. The highest BCUT2D eigenvalue weighted by molar-refractivity contribution is 8.04. The molecule has 0 spiro atoms. The van der Waals surface area contributed by atoms with Crippen LogP contribution in [0, 0.1) is 0 Å². The molecule has 20 heteroatoms. The van der Waals surface area contributed by atoms with Gasteiger partial charge in [0.05, 0.1) is 0 Å². The van der Waals surface area contributed by atoms with Crippen molar-refractivity contribution >= 4 is 15.1 Å². The lowest BCUT2D eigenvalue weighted by Gasteiger charge is -2.40. The zero-order valence-corrected chi connectivity index (χ0v) is 12.7. The van der Waals surface area contributed by atoms with Crippen LogP contribution in [0.5, 0.6) is 0 Å². The maximum absolute atomic E-state index is 13.1. The van der Waals surface area contributed by atoms with Crippen LogP contribution in [-0.4, -0.2) is 55.2 Å². The van der Waals surface area contributed by atoms with Crippen LogP contribution in [0.4, 0.5) is 65.9 Å². The van der Waals surface area contributed by atoms with Gasteiger partial charge in [0, 0.05) is 0 Å². The fraction of sp³-hybridized carbons (Fsp3) is 0.875. The van der Waals surface area contributed by atoms with E-state index in [2.05, 4.69) is 5.14 Å². The molecule has 4 nitrogen and oxygen atoms in total. The van der Waals surface area contributed by atoms with Crippen LogP contribution in [0.2, 0.25) is 0 Å². The van der Waals surface area contributed by atoms with Crippen molar-refractivity contribution in [3.05, 3.63) is 0 Å². The Bertz CT molecular complexity index is 737. The van der Waals surface area contributed by atoms with E-state index in [0.29, 0.717) is 0 Å². The summed E-state index contributed by atoms with van der Waals surface area (Å²) in [5.41, 5.74) is 0. The lowest BCUT2D eigenvalue weighted by Crippen LogP contribution is -2.73. The Morgan fingerprint density at radius 1 is 0.536 bits per heavy atom. The number of sulfonamides is 1. The van der Waals surface area contributed by atoms with Gasteiger partial charge >= 0.3 is 46.8 Å². The Hall–Kier alpha value is -1.47. The standard InChI is InChI=1S/C8H2F15NO3S/c9-2(10,1(25)28(24,26)27)3(11,12)4(13,14)5(15,16)6(17,18)7(19,20)8(21,22)23/h(H2,24,26,27). The van der Waals surface area contributed by atoms with Crippen molar-refractivity contribution in [2.24, 2.45) is 5.14 Å². The van der Waals surface area contributed by atoms with Crippen molar-refractivity contribution in [2.75, 3.05) is 0 Å². The first-order chi connectivity index (χ1) is 11.7. The third-order valence-electron chi connectivity index (χ3n) is 2.84. The SMILES string of the molecule is NS(=O)(=O)C(=O)C(F)(F)C(F)(F)C(F)(F)C(F)(F)C(F)(F)C(F)(F)C(F)(F)F. The van der Waals surface area contributed by atoms with Gasteiger partial charge in [0.25, 0.3) is 10.0 Å². The Balaban J connectivity index is 6.76. The fourth-order valence-electron chi connectivity index (χ4n) is 1.27. The summed E-state index contributed by atoms with van der Waals surface area (Å²) >= 11 is 0. The molecule has 0 fully saturated rings. The first kappa shape index (κ1) is 26.5. The maximum atomic E-state index is 13.1. The highest BCUT2D eigenvalue weighted by Gasteiger charge is 2.94. The maximum Gasteiger partial charge on any atom is 0.460 e. The van der Waals surface area contributed by atoms with Crippen LogP contribution in [0.25, 0.3) is 0 Å². The van der Waals surface area contributed by atoms with E-state index in [9.17, 15) is 79.1 Å². The molecule has 0 aliphatic carbocycles. The van der Waals surface area contributed by atoms with Crippen LogP contribution < -0.4 is 5.14 Å². The van der Waals surface area contributed by atoms with Gasteiger partial charge in [0.2, 0.25) is 0 Å². The smallest absolute Gasteiger partial charge is 0.273 e. The van der Waals surface area contributed by atoms with Crippen molar-refractivity contribution in [3.8, 4) is 0 Å². The Morgan fingerprint density at radius 2 is 0.786 bits per heavy atom. The Morgan fingerprint density at radius 3 is 1.04 bits per heavy atom. The summed E-state index contributed by atoms with van der Waals surface area (Å²) in [5, 5.41) is -0.866. The molecule has 0 aromatic rings. The molecular formula is C8H2F15NO3S. The minimum atomic E-state index is -8.62. The van der Waals surface area contributed by atoms with Gasteiger partial charge in [0.1, 0.15) is 0 Å². The minimum absolute atomic E-state index is 3.59. The number of carbonyl (C=O) groups excluding carboxylic acids is 1. The highest BCUT2D eigenvalue weighted by Crippen LogP contribution is 2.62. The topological polar surface area (TPSA) is 77.2 Å². The summed E-state index contributed by atoms with van der Waals surface area (Å²) in [6.07, 6.45) is -7.77. The molecule has 0 bridgehead atoms. The van der Waals surface area contributed by atoms with Crippen molar-refractivity contribution in [3.63, 3.8) is 0 Å². The largest absolute Gasteiger partial charge is 0.460 e. The number of carbonyl (C=O) groups is 1. The molecule has 0 aliphatic heterocycles. The molecule has 0 heterocycles. The quantitative estimate of drug-likeness (QED) is 0.598. The van der Waals surface area contributed by atoms with E-state index >= 15 is 0 Å². The second-order valence-corrected chi connectivity index (χ2v) is 6.24. The van der Waals surface area contributed by atoms with Crippen LogP contribution >= 0.6 is 0 Å². The molecule has 0 amide bonds. The monoisotopic (exact) mass is 477 g/mol. The molecule has 0 atom stereocenters. The van der Waals surface area contributed by atoms with E-state index < -0.39 is 56.9 Å². The van der Waals surface area contributed by atoms with Crippen LogP contribution in [0.15, 0.2) is 0 Å². The first-order valence-corrected chi connectivity index (χ1v) is 7.11. The van der Waals surface area contributed by atoms with Crippen LogP contribution in [-0.2, 0) is 14.8 Å².